The van der Waals surface area contributed by atoms with Crippen molar-refractivity contribution in [2.45, 2.75) is 19.9 Å². The number of aromatic nitrogens is 2. The van der Waals surface area contributed by atoms with Crippen LogP contribution in [0.4, 0.5) is 0 Å². The van der Waals surface area contributed by atoms with Gasteiger partial charge in [-0.05, 0) is 25.1 Å². The summed E-state index contributed by atoms with van der Waals surface area (Å²) in [5, 5.41) is 11.9. The molecule has 0 aliphatic heterocycles. The normalized spacial score (nSPS) is 11.4. The van der Waals surface area contributed by atoms with Crippen LogP contribution in [0, 0.1) is 0 Å². The first kappa shape index (κ1) is 19.3. The second kappa shape index (κ2) is 9.45. The number of aliphatic imine (C=N–C) groups is 1. The fraction of sp³-hybridized carbons (Fsp3) is 0.333. The third-order valence-corrected chi connectivity index (χ3v) is 3.81. The number of para-hydroxylation sites is 1. The van der Waals surface area contributed by atoms with Crippen LogP contribution in [0.15, 0.2) is 52.0 Å². The Bertz CT molecular complexity index is 791. The van der Waals surface area contributed by atoms with E-state index in [0.29, 0.717) is 6.54 Å². The molecule has 0 aliphatic carbocycles. The number of nitrogens with zero attached hydrogens (tertiary/aromatic N) is 3. The van der Waals surface area contributed by atoms with Crippen molar-refractivity contribution >= 4 is 40.9 Å². The fourth-order valence-corrected chi connectivity index (χ4v) is 2.52. The van der Waals surface area contributed by atoms with Crippen LogP contribution >= 0.6 is 24.0 Å². The Balaban J connectivity index is 0.00000225. The molecular weight excluding hydrogens is 429 g/mol. The van der Waals surface area contributed by atoms with Crippen LogP contribution in [0.5, 0.6) is 0 Å². The molecule has 0 spiro atoms. The van der Waals surface area contributed by atoms with E-state index in [2.05, 4.69) is 39.8 Å². The summed E-state index contributed by atoms with van der Waals surface area (Å²) in [6.07, 6.45) is 2.59. The standard InChI is InChI=1S/C18H23N5O.HI/c1-3-19-18(21-13-15-8-11-22-23(15)2)20-10-9-16-12-14-6-4-5-7-17(14)24-16;/h4-8,11-12H,3,9-10,13H2,1-2H3,(H2,19,20,21);1H. The summed E-state index contributed by atoms with van der Waals surface area (Å²) in [6, 6.07) is 12.1. The van der Waals surface area contributed by atoms with Gasteiger partial charge in [-0.2, -0.15) is 5.10 Å². The van der Waals surface area contributed by atoms with Crippen LogP contribution in [0.1, 0.15) is 18.4 Å². The molecule has 0 atom stereocenters. The molecule has 6 nitrogen and oxygen atoms in total. The van der Waals surface area contributed by atoms with E-state index in [1.54, 1.807) is 6.20 Å². The monoisotopic (exact) mass is 453 g/mol. The number of aryl methyl sites for hydroxylation is 1. The summed E-state index contributed by atoms with van der Waals surface area (Å²) in [5.74, 6) is 1.78. The molecule has 2 heterocycles. The van der Waals surface area contributed by atoms with E-state index in [9.17, 15) is 0 Å². The van der Waals surface area contributed by atoms with E-state index in [1.807, 2.05) is 36.0 Å². The van der Waals surface area contributed by atoms with Gasteiger partial charge in [0.15, 0.2) is 5.96 Å². The minimum Gasteiger partial charge on any atom is -0.461 e. The van der Waals surface area contributed by atoms with Gasteiger partial charge in [0.25, 0.3) is 0 Å². The van der Waals surface area contributed by atoms with Gasteiger partial charge >= 0.3 is 0 Å². The van der Waals surface area contributed by atoms with E-state index >= 15 is 0 Å². The number of nitrogens with one attached hydrogen (secondary N) is 2. The van der Waals surface area contributed by atoms with Crippen LogP contribution < -0.4 is 10.6 Å². The lowest BCUT2D eigenvalue weighted by Crippen LogP contribution is -2.38. The zero-order valence-corrected chi connectivity index (χ0v) is 16.9. The summed E-state index contributed by atoms with van der Waals surface area (Å²) >= 11 is 0. The van der Waals surface area contributed by atoms with Crippen LogP contribution in [0.25, 0.3) is 11.0 Å². The van der Waals surface area contributed by atoms with E-state index in [1.165, 1.54) is 0 Å². The molecule has 134 valence electrons. The maximum atomic E-state index is 5.83. The van der Waals surface area contributed by atoms with Gasteiger partial charge in [-0.3, -0.25) is 4.68 Å². The Hall–Kier alpha value is -2.03. The van der Waals surface area contributed by atoms with Crippen LogP contribution in [0.2, 0.25) is 0 Å². The van der Waals surface area contributed by atoms with E-state index in [-0.39, 0.29) is 24.0 Å². The van der Waals surface area contributed by atoms with Gasteiger partial charge in [-0.25, -0.2) is 4.99 Å². The van der Waals surface area contributed by atoms with Gasteiger partial charge in [-0.1, -0.05) is 18.2 Å². The molecule has 0 fully saturated rings. The molecule has 0 saturated heterocycles. The topological polar surface area (TPSA) is 67.4 Å². The molecular formula is C18H24IN5O. The third-order valence-electron chi connectivity index (χ3n) is 3.81. The maximum Gasteiger partial charge on any atom is 0.191 e. The first-order valence-corrected chi connectivity index (χ1v) is 8.23. The van der Waals surface area contributed by atoms with Crippen molar-refractivity contribution in [3.05, 3.63) is 54.0 Å². The van der Waals surface area contributed by atoms with Gasteiger partial charge < -0.3 is 15.1 Å². The molecule has 3 rings (SSSR count). The Morgan fingerprint density at radius 1 is 1.24 bits per heavy atom. The zero-order valence-electron chi connectivity index (χ0n) is 14.5. The highest BCUT2D eigenvalue weighted by atomic mass is 127. The average Bonchev–Trinajstić information content (AvgIpc) is 3.18. The van der Waals surface area contributed by atoms with Crippen LogP contribution in [-0.2, 0) is 20.0 Å². The van der Waals surface area contributed by atoms with Gasteiger partial charge in [0.05, 0.1) is 12.2 Å². The Morgan fingerprint density at radius 2 is 2.08 bits per heavy atom. The Kier molecular flexibility index (Phi) is 7.30. The second-order valence-electron chi connectivity index (χ2n) is 5.57. The lowest BCUT2D eigenvalue weighted by molar-refractivity contribution is 0.544. The molecule has 0 bridgehead atoms. The average molecular weight is 453 g/mol. The van der Waals surface area contributed by atoms with Crippen molar-refractivity contribution in [1.82, 2.24) is 20.4 Å². The molecule has 2 N–H and O–H groups in total. The van der Waals surface area contributed by atoms with Gasteiger partial charge in [0.1, 0.15) is 11.3 Å². The minimum absolute atomic E-state index is 0. The van der Waals surface area contributed by atoms with Gasteiger partial charge in [0.2, 0.25) is 0 Å². The molecule has 2 aromatic heterocycles. The Morgan fingerprint density at radius 3 is 2.80 bits per heavy atom. The number of halogens is 1. The first-order chi connectivity index (χ1) is 11.8. The highest BCUT2D eigenvalue weighted by molar-refractivity contribution is 14.0. The second-order valence-corrected chi connectivity index (χ2v) is 5.57. The largest absolute Gasteiger partial charge is 0.461 e. The highest BCUT2D eigenvalue weighted by Crippen LogP contribution is 2.18. The van der Waals surface area contributed by atoms with Crippen molar-refractivity contribution in [1.29, 1.82) is 0 Å². The number of hydrogen-bond acceptors (Lipinski definition) is 3. The fourth-order valence-electron chi connectivity index (χ4n) is 2.52. The number of guanidine groups is 1. The van der Waals surface area contributed by atoms with Crippen LogP contribution in [-0.4, -0.2) is 28.8 Å². The van der Waals surface area contributed by atoms with Crippen molar-refractivity contribution in [2.24, 2.45) is 12.0 Å². The Labute approximate surface area is 164 Å². The number of furan rings is 1. The zero-order chi connectivity index (χ0) is 16.8. The smallest absolute Gasteiger partial charge is 0.191 e. The molecule has 0 aliphatic rings. The number of benzene rings is 1. The van der Waals surface area contributed by atoms with E-state index < -0.39 is 0 Å². The highest BCUT2D eigenvalue weighted by Gasteiger charge is 2.04. The van der Waals surface area contributed by atoms with E-state index in [0.717, 1.165) is 47.9 Å². The molecule has 0 saturated carbocycles. The molecule has 0 unspecified atom stereocenters. The quantitative estimate of drug-likeness (QED) is 0.342. The predicted molar refractivity (Wildman–Crippen MR) is 111 cm³/mol. The third kappa shape index (κ3) is 5.22. The van der Waals surface area contributed by atoms with Crippen LogP contribution in [0.3, 0.4) is 0 Å². The molecule has 25 heavy (non-hydrogen) atoms. The molecule has 0 radical (unpaired) electrons. The van der Waals surface area contributed by atoms with Crippen molar-refractivity contribution in [3.63, 3.8) is 0 Å². The SMILES string of the molecule is CCNC(=NCc1ccnn1C)NCCc1cc2ccccc2o1.I. The predicted octanol–water partition coefficient (Wildman–Crippen LogP) is 3.08. The summed E-state index contributed by atoms with van der Waals surface area (Å²) in [6.45, 7) is 4.23. The van der Waals surface area contributed by atoms with Crippen molar-refractivity contribution in [3.8, 4) is 0 Å². The minimum atomic E-state index is 0. The molecule has 7 heteroatoms. The maximum absolute atomic E-state index is 5.83. The number of rotatable bonds is 6. The summed E-state index contributed by atoms with van der Waals surface area (Å²) in [4.78, 5) is 4.59. The molecule has 3 aromatic rings. The summed E-state index contributed by atoms with van der Waals surface area (Å²) < 4.78 is 7.67. The lowest BCUT2D eigenvalue weighted by Gasteiger charge is -2.10. The molecule has 0 amide bonds. The van der Waals surface area contributed by atoms with Crippen molar-refractivity contribution < 1.29 is 4.42 Å². The van der Waals surface area contributed by atoms with Gasteiger partial charge in [-0.15, -0.1) is 24.0 Å². The summed E-state index contributed by atoms with van der Waals surface area (Å²) in [7, 11) is 1.92. The summed E-state index contributed by atoms with van der Waals surface area (Å²) in [5.41, 5.74) is 2.01. The van der Waals surface area contributed by atoms with Gasteiger partial charge in [0, 0.05) is 38.1 Å². The number of hydrogen-bond donors (Lipinski definition) is 2. The lowest BCUT2D eigenvalue weighted by atomic mass is 10.2. The molecule has 1 aromatic carbocycles. The van der Waals surface area contributed by atoms with E-state index in [4.69, 9.17) is 4.42 Å². The van der Waals surface area contributed by atoms with Crippen molar-refractivity contribution in [2.75, 3.05) is 13.1 Å². The number of fused-ring (bicyclic) bond motifs is 1. The first-order valence-electron chi connectivity index (χ1n) is 8.23.